The summed E-state index contributed by atoms with van der Waals surface area (Å²) in [4.78, 5) is 10.6. The average molecular weight is 216 g/mol. The van der Waals surface area contributed by atoms with Crippen molar-refractivity contribution in [3.63, 3.8) is 0 Å². The third-order valence-electron chi connectivity index (χ3n) is 1.52. The fraction of sp³-hybridized carbons (Fsp3) is 0.833. The number of thioether (sulfide) groups is 1. The Morgan fingerprint density at radius 2 is 2.33 bits per heavy atom. The number of nitrogens with one attached hydrogen (secondary N) is 1. The molecule has 0 bridgehead atoms. The van der Waals surface area contributed by atoms with Crippen LogP contribution in [0.3, 0.4) is 0 Å². The summed E-state index contributed by atoms with van der Waals surface area (Å²) in [5.41, 5.74) is 0. The van der Waals surface area contributed by atoms with Crippen LogP contribution in [0.15, 0.2) is 0 Å². The topological polar surface area (TPSA) is 29.1 Å². The Hall–Kier alpha value is -0.0300. The molecule has 1 N–H and O–H groups in total. The lowest BCUT2D eigenvalue weighted by Gasteiger charge is -2.13. The molecule has 0 spiro atoms. The predicted molar refractivity (Wildman–Crippen MR) is 44.7 cm³/mol. The molecule has 0 radical (unpaired) electrons. The van der Waals surface area contributed by atoms with Crippen LogP contribution in [0.25, 0.3) is 0 Å². The Labute approximate surface area is 78.0 Å². The summed E-state index contributed by atoms with van der Waals surface area (Å²) in [6.45, 7) is 0. The summed E-state index contributed by atoms with van der Waals surface area (Å²) in [7, 11) is 0. The molecule has 70 valence electrons. The molecular formula is C6H8ClF2NOS. The molecule has 2 nitrogen and oxygen atoms in total. The summed E-state index contributed by atoms with van der Waals surface area (Å²) < 4.78 is 24.2. The Morgan fingerprint density at radius 3 is 2.75 bits per heavy atom. The number of amides is 1. The van der Waals surface area contributed by atoms with Gasteiger partial charge in [0.25, 0.3) is 0 Å². The maximum absolute atomic E-state index is 12.1. The minimum Gasteiger partial charge on any atom is -0.346 e. The zero-order chi connectivity index (χ0) is 9.19. The molecule has 12 heavy (non-hydrogen) atoms. The van der Waals surface area contributed by atoms with E-state index in [1.165, 1.54) is 0 Å². The third-order valence-corrected chi connectivity index (χ3v) is 2.86. The number of carbonyl (C=O) groups excluding carboxylic acids is 1. The van der Waals surface area contributed by atoms with Gasteiger partial charge in [-0.3, -0.25) is 4.79 Å². The lowest BCUT2D eigenvalue weighted by atomic mass is 10.2. The molecule has 1 saturated heterocycles. The Morgan fingerprint density at radius 1 is 1.67 bits per heavy atom. The first-order chi connectivity index (χ1) is 5.50. The maximum atomic E-state index is 12.1. The van der Waals surface area contributed by atoms with Crippen LogP contribution < -0.4 is 5.32 Å². The smallest absolute Gasteiger partial charge is 0.346 e. The normalized spacial score (nSPS) is 24.1. The summed E-state index contributed by atoms with van der Waals surface area (Å²) in [5.74, 6) is 0.203. The van der Waals surface area contributed by atoms with Crippen molar-refractivity contribution in [1.82, 2.24) is 5.32 Å². The van der Waals surface area contributed by atoms with Crippen molar-refractivity contribution >= 4 is 29.3 Å². The lowest BCUT2D eigenvalue weighted by molar-refractivity contribution is -0.136. The molecule has 1 fully saturated rings. The Bertz CT molecular complexity index is 179. The minimum absolute atomic E-state index is 0.146. The highest BCUT2D eigenvalue weighted by atomic mass is 35.5. The van der Waals surface area contributed by atoms with Gasteiger partial charge in [-0.25, -0.2) is 0 Å². The highest BCUT2D eigenvalue weighted by Crippen LogP contribution is 2.21. The first-order valence-corrected chi connectivity index (χ1v) is 4.99. The van der Waals surface area contributed by atoms with Crippen molar-refractivity contribution in [3.8, 4) is 0 Å². The highest BCUT2D eigenvalue weighted by Gasteiger charge is 2.37. The molecular weight excluding hydrogens is 208 g/mol. The zero-order valence-corrected chi connectivity index (χ0v) is 7.72. The maximum Gasteiger partial charge on any atom is 0.399 e. The van der Waals surface area contributed by atoms with E-state index in [2.05, 4.69) is 16.9 Å². The van der Waals surface area contributed by atoms with E-state index in [1.807, 2.05) is 0 Å². The molecule has 1 heterocycles. The van der Waals surface area contributed by atoms with Crippen LogP contribution in [0.5, 0.6) is 0 Å². The van der Waals surface area contributed by atoms with Crippen molar-refractivity contribution in [3.05, 3.63) is 0 Å². The minimum atomic E-state index is -3.77. The number of halogens is 3. The molecule has 6 heteroatoms. The molecule has 1 atom stereocenters. The van der Waals surface area contributed by atoms with E-state index in [9.17, 15) is 13.6 Å². The number of hydrogen-bond donors (Lipinski definition) is 1. The predicted octanol–water partition coefficient (Wildman–Crippen LogP) is 1.44. The van der Waals surface area contributed by atoms with Gasteiger partial charge in [0.15, 0.2) is 0 Å². The van der Waals surface area contributed by atoms with Crippen LogP contribution in [0.4, 0.5) is 8.78 Å². The van der Waals surface area contributed by atoms with Crippen molar-refractivity contribution in [2.45, 2.75) is 17.8 Å². The van der Waals surface area contributed by atoms with Gasteiger partial charge in [-0.05, 0) is 23.8 Å². The molecule has 0 saturated carbocycles. The second kappa shape index (κ2) is 3.79. The molecule has 0 aliphatic carbocycles. The van der Waals surface area contributed by atoms with Crippen LogP contribution in [0.2, 0.25) is 0 Å². The van der Waals surface area contributed by atoms with Gasteiger partial charge < -0.3 is 5.32 Å². The number of alkyl halides is 3. The monoisotopic (exact) mass is 215 g/mol. The fourth-order valence-corrected chi connectivity index (χ4v) is 2.12. The molecule has 0 aromatic heterocycles. The number of hydrogen-bond acceptors (Lipinski definition) is 2. The molecule has 0 aromatic rings. The zero-order valence-electron chi connectivity index (χ0n) is 6.15. The van der Waals surface area contributed by atoms with Crippen LogP contribution in [0, 0.1) is 0 Å². The van der Waals surface area contributed by atoms with Gasteiger partial charge in [-0.2, -0.15) is 20.5 Å². The first-order valence-electron chi connectivity index (χ1n) is 3.45. The van der Waals surface area contributed by atoms with E-state index in [-0.39, 0.29) is 6.04 Å². The second-order valence-corrected chi connectivity index (χ2v) is 4.16. The third kappa shape index (κ3) is 2.79. The van der Waals surface area contributed by atoms with Crippen LogP contribution in [-0.2, 0) is 4.79 Å². The summed E-state index contributed by atoms with van der Waals surface area (Å²) in [6.07, 6.45) is 0.739. The van der Waals surface area contributed by atoms with Crippen molar-refractivity contribution < 1.29 is 13.6 Å². The van der Waals surface area contributed by atoms with Crippen molar-refractivity contribution in [2.75, 3.05) is 11.5 Å². The van der Waals surface area contributed by atoms with Gasteiger partial charge in [0, 0.05) is 11.8 Å². The van der Waals surface area contributed by atoms with Crippen molar-refractivity contribution in [2.24, 2.45) is 0 Å². The van der Waals surface area contributed by atoms with Gasteiger partial charge in [0.2, 0.25) is 0 Å². The molecule has 1 unspecified atom stereocenters. The van der Waals surface area contributed by atoms with E-state index in [0.717, 1.165) is 12.2 Å². The van der Waals surface area contributed by atoms with Crippen LogP contribution >= 0.6 is 23.4 Å². The number of rotatable bonds is 2. The standard InChI is InChI=1S/C6H8ClF2NOS/c7-6(8,9)5(11)10-4-1-2-12-3-4/h4H,1-3H2,(H,10,11). The Balaban J connectivity index is 2.35. The van der Waals surface area contributed by atoms with Crippen molar-refractivity contribution in [1.29, 1.82) is 0 Å². The molecule has 1 aliphatic rings. The molecule has 0 aromatic carbocycles. The Kier molecular flexibility index (Phi) is 3.17. The number of carbonyl (C=O) groups is 1. The van der Waals surface area contributed by atoms with Crippen LogP contribution in [0.1, 0.15) is 6.42 Å². The van der Waals surface area contributed by atoms with Gasteiger partial charge in [0.1, 0.15) is 0 Å². The van der Waals surface area contributed by atoms with Gasteiger partial charge in [-0.15, -0.1) is 0 Å². The van der Waals surface area contributed by atoms with E-state index in [4.69, 9.17) is 0 Å². The van der Waals surface area contributed by atoms with E-state index in [0.29, 0.717) is 5.75 Å². The molecule has 1 aliphatic heterocycles. The van der Waals surface area contributed by atoms with Gasteiger partial charge >= 0.3 is 11.3 Å². The van der Waals surface area contributed by atoms with E-state index >= 15 is 0 Å². The highest BCUT2D eigenvalue weighted by molar-refractivity contribution is 7.99. The summed E-state index contributed by atoms with van der Waals surface area (Å²) in [6, 6.07) is -0.146. The van der Waals surface area contributed by atoms with E-state index < -0.39 is 11.3 Å². The fourth-order valence-electron chi connectivity index (χ4n) is 0.916. The average Bonchev–Trinajstić information content (AvgIpc) is 2.37. The largest absolute Gasteiger partial charge is 0.399 e. The SMILES string of the molecule is O=C(NC1CCSC1)C(F)(F)Cl. The van der Waals surface area contributed by atoms with Gasteiger partial charge in [0.05, 0.1) is 0 Å². The quantitative estimate of drug-likeness (QED) is 0.707. The second-order valence-electron chi connectivity index (χ2n) is 2.53. The summed E-state index contributed by atoms with van der Waals surface area (Å²) >= 11 is 6.14. The summed E-state index contributed by atoms with van der Waals surface area (Å²) in [5, 5.41) is -1.59. The molecule has 1 amide bonds. The van der Waals surface area contributed by atoms with Crippen LogP contribution in [-0.4, -0.2) is 28.8 Å². The lowest BCUT2D eigenvalue weighted by Crippen LogP contribution is -2.42. The van der Waals surface area contributed by atoms with E-state index in [1.54, 1.807) is 11.8 Å². The first kappa shape index (κ1) is 10.1. The van der Waals surface area contributed by atoms with Gasteiger partial charge in [-0.1, -0.05) is 0 Å². The molecule has 1 rings (SSSR count).